The number of hydrogen-bond donors (Lipinski definition) is 2. The van der Waals surface area contributed by atoms with Gasteiger partial charge in [0.2, 0.25) is 5.91 Å². The van der Waals surface area contributed by atoms with Gasteiger partial charge >= 0.3 is 0 Å². The van der Waals surface area contributed by atoms with E-state index in [0.717, 1.165) is 11.3 Å². The molecule has 1 amide bonds. The quantitative estimate of drug-likeness (QED) is 0.720. The summed E-state index contributed by atoms with van der Waals surface area (Å²) in [5, 5.41) is 2.64. The molecule has 0 unspecified atom stereocenters. The van der Waals surface area contributed by atoms with E-state index in [2.05, 4.69) is 5.32 Å². The molecule has 70 valence electrons. The van der Waals surface area contributed by atoms with Crippen LogP contribution in [0.4, 0.5) is 5.69 Å². The molecule has 1 aromatic rings. The summed E-state index contributed by atoms with van der Waals surface area (Å²) in [7, 11) is 0. The van der Waals surface area contributed by atoms with Gasteiger partial charge in [0, 0.05) is 12.2 Å². The summed E-state index contributed by atoms with van der Waals surface area (Å²) in [6.07, 6.45) is 0. The Morgan fingerprint density at radius 3 is 2.92 bits per heavy atom. The number of halogens is 1. The van der Waals surface area contributed by atoms with Gasteiger partial charge in [-0.25, -0.2) is 0 Å². The van der Waals surface area contributed by atoms with Crippen LogP contribution in [0.15, 0.2) is 24.3 Å². The summed E-state index contributed by atoms with van der Waals surface area (Å²) in [5.41, 5.74) is 7.15. The summed E-state index contributed by atoms with van der Waals surface area (Å²) in [4.78, 5) is 10.9. The van der Waals surface area contributed by atoms with Crippen molar-refractivity contribution in [2.75, 3.05) is 11.2 Å². The van der Waals surface area contributed by atoms with Crippen molar-refractivity contribution in [3.8, 4) is 0 Å². The van der Waals surface area contributed by atoms with E-state index in [1.165, 1.54) is 0 Å². The molecule has 3 nitrogen and oxygen atoms in total. The summed E-state index contributed by atoms with van der Waals surface area (Å²) in [5.74, 6) is -0.247. The second-order valence-corrected chi connectivity index (χ2v) is 2.85. The largest absolute Gasteiger partial charge is 0.326 e. The molecule has 0 saturated carbocycles. The van der Waals surface area contributed by atoms with Crippen molar-refractivity contribution in [3.05, 3.63) is 29.8 Å². The van der Waals surface area contributed by atoms with Crippen LogP contribution in [-0.4, -0.2) is 11.8 Å². The Labute approximate surface area is 81.9 Å². The molecule has 4 heteroatoms. The molecule has 0 aliphatic rings. The van der Waals surface area contributed by atoms with Crippen molar-refractivity contribution >= 4 is 23.2 Å². The molecule has 0 saturated heterocycles. The van der Waals surface area contributed by atoms with Gasteiger partial charge in [0.1, 0.15) is 5.88 Å². The van der Waals surface area contributed by atoms with Gasteiger partial charge in [0.15, 0.2) is 0 Å². The van der Waals surface area contributed by atoms with Crippen LogP contribution >= 0.6 is 11.6 Å². The number of alkyl halides is 1. The van der Waals surface area contributed by atoms with E-state index >= 15 is 0 Å². The first-order valence-corrected chi connectivity index (χ1v) is 4.44. The Morgan fingerprint density at radius 2 is 2.31 bits per heavy atom. The molecule has 0 radical (unpaired) electrons. The van der Waals surface area contributed by atoms with Crippen molar-refractivity contribution in [3.63, 3.8) is 0 Å². The number of nitrogens with one attached hydrogen (secondary N) is 1. The highest BCUT2D eigenvalue weighted by molar-refractivity contribution is 6.29. The predicted molar refractivity (Wildman–Crippen MR) is 53.7 cm³/mol. The Bertz CT molecular complexity index is 301. The molecule has 0 aliphatic heterocycles. The monoisotopic (exact) mass is 198 g/mol. The highest BCUT2D eigenvalue weighted by Crippen LogP contribution is 2.09. The maximum Gasteiger partial charge on any atom is 0.239 e. The van der Waals surface area contributed by atoms with Crippen LogP contribution < -0.4 is 11.1 Å². The molecule has 0 bridgehead atoms. The van der Waals surface area contributed by atoms with Crippen molar-refractivity contribution in [1.82, 2.24) is 0 Å². The lowest BCUT2D eigenvalue weighted by molar-refractivity contribution is -0.113. The number of carbonyl (C=O) groups excluding carboxylic acids is 1. The van der Waals surface area contributed by atoms with Crippen molar-refractivity contribution in [2.24, 2.45) is 5.73 Å². The van der Waals surface area contributed by atoms with Gasteiger partial charge in [0.05, 0.1) is 0 Å². The Hall–Kier alpha value is -1.06. The number of hydrogen-bond acceptors (Lipinski definition) is 2. The average molecular weight is 199 g/mol. The molecular formula is C9H11ClN2O. The molecular weight excluding hydrogens is 188 g/mol. The van der Waals surface area contributed by atoms with Crippen LogP contribution in [0.3, 0.4) is 0 Å². The van der Waals surface area contributed by atoms with E-state index in [-0.39, 0.29) is 11.8 Å². The van der Waals surface area contributed by atoms with Gasteiger partial charge in [-0.1, -0.05) is 12.1 Å². The number of amides is 1. The zero-order valence-electron chi connectivity index (χ0n) is 7.09. The van der Waals surface area contributed by atoms with E-state index in [1.54, 1.807) is 6.07 Å². The number of nitrogens with two attached hydrogens (primary N) is 1. The summed E-state index contributed by atoms with van der Waals surface area (Å²) < 4.78 is 0. The smallest absolute Gasteiger partial charge is 0.239 e. The molecule has 0 atom stereocenters. The zero-order chi connectivity index (χ0) is 9.68. The number of benzene rings is 1. The van der Waals surface area contributed by atoms with Crippen molar-refractivity contribution < 1.29 is 4.79 Å². The van der Waals surface area contributed by atoms with E-state index in [0.29, 0.717) is 6.54 Å². The normalized spacial score (nSPS) is 9.69. The molecule has 0 spiro atoms. The fourth-order valence-corrected chi connectivity index (χ4v) is 1.04. The fraction of sp³-hybridized carbons (Fsp3) is 0.222. The van der Waals surface area contributed by atoms with Crippen LogP contribution in [-0.2, 0) is 11.3 Å². The predicted octanol–water partition coefficient (Wildman–Crippen LogP) is 1.32. The van der Waals surface area contributed by atoms with Gasteiger partial charge < -0.3 is 11.1 Å². The van der Waals surface area contributed by atoms with Crippen LogP contribution in [0.2, 0.25) is 0 Å². The Morgan fingerprint density at radius 1 is 1.54 bits per heavy atom. The molecule has 3 N–H and O–H groups in total. The number of carbonyl (C=O) groups is 1. The van der Waals surface area contributed by atoms with E-state index in [1.807, 2.05) is 18.2 Å². The average Bonchev–Trinajstić information content (AvgIpc) is 2.18. The summed E-state index contributed by atoms with van der Waals surface area (Å²) in [6.45, 7) is 0.463. The van der Waals surface area contributed by atoms with Gasteiger partial charge in [-0.3, -0.25) is 4.79 Å². The highest BCUT2D eigenvalue weighted by Gasteiger charge is 1.99. The molecule has 13 heavy (non-hydrogen) atoms. The zero-order valence-corrected chi connectivity index (χ0v) is 7.84. The molecule has 0 aliphatic carbocycles. The van der Waals surface area contributed by atoms with Gasteiger partial charge in [-0.15, -0.1) is 11.6 Å². The second kappa shape index (κ2) is 4.84. The SMILES string of the molecule is NCc1cccc(NC(=O)CCl)c1. The molecule has 1 aromatic carbocycles. The lowest BCUT2D eigenvalue weighted by Crippen LogP contribution is -2.12. The third-order valence-corrected chi connectivity index (χ3v) is 1.81. The first kappa shape index (κ1) is 10.0. The topological polar surface area (TPSA) is 55.1 Å². The van der Waals surface area contributed by atoms with Gasteiger partial charge in [-0.05, 0) is 17.7 Å². The van der Waals surface area contributed by atoms with Crippen molar-refractivity contribution in [2.45, 2.75) is 6.54 Å². The van der Waals surface area contributed by atoms with Crippen molar-refractivity contribution in [1.29, 1.82) is 0 Å². The molecule has 0 fully saturated rings. The first-order chi connectivity index (χ1) is 6.26. The number of anilines is 1. The second-order valence-electron chi connectivity index (χ2n) is 2.59. The minimum absolute atomic E-state index is 0.0349. The Balaban J connectivity index is 2.71. The van der Waals surface area contributed by atoms with Crippen LogP contribution in [0.25, 0.3) is 0 Å². The van der Waals surface area contributed by atoms with Gasteiger partial charge in [-0.2, -0.15) is 0 Å². The molecule has 0 aromatic heterocycles. The lowest BCUT2D eigenvalue weighted by atomic mass is 10.2. The van der Waals surface area contributed by atoms with E-state index in [4.69, 9.17) is 17.3 Å². The van der Waals surface area contributed by atoms with Gasteiger partial charge in [0.25, 0.3) is 0 Å². The third-order valence-electron chi connectivity index (χ3n) is 1.57. The maximum absolute atomic E-state index is 10.9. The van der Waals surface area contributed by atoms with Crippen LogP contribution in [0, 0.1) is 0 Å². The first-order valence-electron chi connectivity index (χ1n) is 3.91. The minimum Gasteiger partial charge on any atom is -0.326 e. The van der Waals surface area contributed by atoms with E-state index < -0.39 is 0 Å². The summed E-state index contributed by atoms with van der Waals surface area (Å²) >= 11 is 5.34. The summed E-state index contributed by atoms with van der Waals surface area (Å²) in [6, 6.07) is 7.36. The Kier molecular flexibility index (Phi) is 3.73. The minimum atomic E-state index is -0.212. The fourth-order valence-electron chi connectivity index (χ4n) is 0.970. The lowest BCUT2D eigenvalue weighted by Gasteiger charge is -2.04. The third kappa shape index (κ3) is 3.05. The molecule has 1 rings (SSSR count). The van der Waals surface area contributed by atoms with Crippen LogP contribution in [0.5, 0.6) is 0 Å². The highest BCUT2D eigenvalue weighted by atomic mass is 35.5. The molecule has 0 heterocycles. The standard InChI is InChI=1S/C9H11ClN2O/c10-5-9(13)12-8-3-1-2-7(4-8)6-11/h1-4H,5-6,11H2,(H,12,13). The van der Waals surface area contributed by atoms with E-state index in [9.17, 15) is 4.79 Å². The van der Waals surface area contributed by atoms with Crippen LogP contribution in [0.1, 0.15) is 5.56 Å². The number of rotatable bonds is 3. The maximum atomic E-state index is 10.9.